The van der Waals surface area contributed by atoms with E-state index in [1.807, 2.05) is 50.2 Å². The zero-order chi connectivity index (χ0) is 16.1. The first-order valence-corrected chi connectivity index (χ1v) is 7.46. The normalized spacial score (nSPS) is 11.4. The Morgan fingerprint density at radius 3 is 2.39 bits per heavy atom. The number of aryl methyl sites for hydroxylation is 2. The van der Waals surface area contributed by atoms with Gasteiger partial charge in [0.1, 0.15) is 11.1 Å². The Morgan fingerprint density at radius 2 is 1.65 bits per heavy atom. The van der Waals surface area contributed by atoms with Crippen LogP contribution in [0.5, 0.6) is 0 Å². The number of oxazole rings is 1. The lowest BCUT2D eigenvalue weighted by molar-refractivity contribution is 0.544. The van der Waals surface area contributed by atoms with Crippen LogP contribution in [0.4, 0.5) is 0 Å². The quantitative estimate of drug-likeness (QED) is 0.485. The van der Waals surface area contributed by atoms with Crippen molar-refractivity contribution in [3.63, 3.8) is 0 Å². The zero-order valence-corrected chi connectivity index (χ0v) is 13.1. The molecule has 0 bridgehead atoms. The van der Waals surface area contributed by atoms with Gasteiger partial charge < -0.3 is 8.83 Å². The van der Waals surface area contributed by atoms with Gasteiger partial charge >= 0.3 is 5.63 Å². The molecule has 2 aromatic heterocycles. The van der Waals surface area contributed by atoms with Crippen LogP contribution < -0.4 is 5.63 Å². The van der Waals surface area contributed by atoms with Crippen LogP contribution in [0.1, 0.15) is 17.0 Å². The topological polar surface area (TPSA) is 56.2 Å². The molecular weight excluding hydrogens is 290 g/mol. The van der Waals surface area contributed by atoms with E-state index in [9.17, 15) is 4.79 Å². The molecule has 0 unspecified atom stereocenters. The molecule has 2 heterocycles. The number of nitrogens with zero attached hydrogens (tertiary/aromatic N) is 1. The first-order chi connectivity index (χ1) is 11.1. The lowest BCUT2D eigenvalue weighted by Gasteiger charge is -2.10. The van der Waals surface area contributed by atoms with E-state index in [0.717, 1.165) is 27.6 Å². The minimum absolute atomic E-state index is 0.324. The molecule has 114 valence electrons. The minimum atomic E-state index is -0.324. The number of fused-ring (bicyclic) bond motifs is 2. The maximum atomic E-state index is 12.3. The van der Waals surface area contributed by atoms with Gasteiger partial charge in [-0.05, 0) is 25.5 Å². The fourth-order valence-corrected chi connectivity index (χ4v) is 3.08. The van der Waals surface area contributed by atoms with Crippen molar-refractivity contribution >= 4 is 22.1 Å². The molecule has 23 heavy (non-hydrogen) atoms. The first kappa shape index (κ1) is 13.8. The molecule has 4 aromatic rings. The third-order valence-electron chi connectivity index (χ3n) is 4.17. The highest BCUT2D eigenvalue weighted by Crippen LogP contribution is 2.35. The molecule has 0 atom stereocenters. The van der Waals surface area contributed by atoms with Gasteiger partial charge in [0.05, 0.1) is 0 Å². The smallest absolute Gasteiger partial charge is 0.339 e. The number of hydrogen-bond donors (Lipinski definition) is 0. The van der Waals surface area contributed by atoms with Crippen molar-refractivity contribution < 1.29 is 8.83 Å². The van der Waals surface area contributed by atoms with Crippen molar-refractivity contribution in [3.8, 4) is 11.1 Å². The highest BCUT2D eigenvalue weighted by Gasteiger charge is 2.18. The molecule has 0 aliphatic rings. The van der Waals surface area contributed by atoms with Gasteiger partial charge in [-0.3, -0.25) is 0 Å². The van der Waals surface area contributed by atoms with Crippen LogP contribution in [0, 0.1) is 20.8 Å². The average Bonchev–Trinajstić information content (AvgIpc) is 2.92. The predicted molar refractivity (Wildman–Crippen MR) is 89.7 cm³/mol. The Labute approximate surface area is 132 Å². The molecule has 2 aromatic carbocycles. The van der Waals surface area contributed by atoms with E-state index in [1.54, 1.807) is 6.92 Å². The van der Waals surface area contributed by atoms with Crippen LogP contribution in [0.2, 0.25) is 0 Å². The van der Waals surface area contributed by atoms with Crippen molar-refractivity contribution in [3.05, 3.63) is 63.8 Å². The highest BCUT2D eigenvalue weighted by molar-refractivity contribution is 6.03. The van der Waals surface area contributed by atoms with Gasteiger partial charge in [0.2, 0.25) is 0 Å². The lowest BCUT2D eigenvalue weighted by atomic mass is 9.96. The number of benzene rings is 2. The van der Waals surface area contributed by atoms with Crippen LogP contribution in [-0.2, 0) is 0 Å². The van der Waals surface area contributed by atoms with Gasteiger partial charge in [0.25, 0.3) is 0 Å². The summed E-state index contributed by atoms with van der Waals surface area (Å²) in [6.45, 7) is 5.49. The first-order valence-electron chi connectivity index (χ1n) is 7.46. The van der Waals surface area contributed by atoms with Crippen molar-refractivity contribution in [2.45, 2.75) is 20.8 Å². The zero-order valence-electron chi connectivity index (χ0n) is 13.1. The average molecular weight is 305 g/mol. The summed E-state index contributed by atoms with van der Waals surface area (Å²) in [7, 11) is 0. The molecule has 4 nitrogen and oxygen atoms in total. The highest BCUT2D eigenvalue weighted by atomic mass is 16.4. The third-order valence-corrected chi connectivity index (χ3v) is 4.17. The number of hydrogen-bond acceptors (Lipinski definition) is 4. The summed E-state index contributed by atoms with van der Waals surface area (Å²) in [4.78, 5) is 16.7. The number of aromatic nitrogens is 1. The summed E-state index contributed by atoms with van der Waals surface area (Å²) in [5.74, 6) is 0.596. The summed E-state index contributed by atoms with van der Waals surface area (Å²) in [6.07, 6.45) is 0. The van der Waals surface area contributed by atoms with Crippen molar-refractivity contribution in [2.75, 3.05) is 0 Å². The molecule has 0 spiro atoms. The van der Waals surface area contributed by atoms with Crippen LogP contribution in [0.15, 0.2) is 50.0 Å². The molecule has 4 heteroatoms. The van der Waals surface area contributed by atoms with Crippen LogP contribution in [0.25, 0.3) is 33.2 Å². The van der Waals surface area contributed by atoms with Gasteiger partial charge in [-0.25, -0.2) is 9.78 Å². The molecular formula is C19H15NO3. The van der Waals surface area contributed by atoms with Gasteiger partial charge in [0, 0.05) is 29.0 Å². The summed E-state index contributed by atoms with van der Waals surface area (Å²) in [5.41, 5.74) is 4.96. The van der Waals surface area contributed by atoms with E-state index in [0.29, 0.717) is 22.6 Å². The molecule has 0 radical (unpaired) electrons. The largest absolute Gasteiger partial charge is 0.441 e. The maximum absolute atomic E-state index is 12.3. The summed E-state index contributed by atoms with van der Waals surface area (Å²) < 4.78 is 11.2. The standard InChI is InChI=1S/C19H15NO3/c1-10-16(13-7-5-4-6-8-13)14-9-15-18(22-12(3)20-15)11(2)17(14)23-19(10)21/h4-9H,1-3H3. The Kier molecular flexibility index (Phi) is 2.88. The van der Waals surface area contributed by atoms with Crippen LogP contribution in [0.3, 0.4) is 0 Å². The van der Waals surface area contributed by atoms with Gasteiger partial charge in [-0.15, -0.1) is 0 Å². The Balaban J connectivity index is 2.24. The van der Waals surface area contributed by atoms with Crippen LogP contribution in [-0.4, -0.2) is 4.98 Å². The van der Waals surface area contributed by atoms with E-state index < -0.39 is 0 Å². The molecule has 0 saturated heterocycles. The summed E-state index contributed by atoms with van der Waals surface area (Å²) >= 11 is 0. The van der Waals surface area contributed by atoms with Gasteiger partial charge in [-0.1, -0.05) is 30.3 Å². The predicted octanol–water partition coefficient (Wildman–Crippen LogP) is 4.53. The van der Waals surface area contributed by atoms with Gasteiger partial charge in [-0.2, -0.15) is 0 Å². The molecule has 4 rings (SSSR count). The Bertz CT molecular complexity index is 1100. The lowest BCUT2D eigenvalue weighted by Crippen LogP contribution is -2.06. The van der Waals surface area contributed by atoms with Gasteiger partial charge in [0.15, 0.2) is 11.5 Å². The second kappa shape index (κ2) is 4.81. The van der Waals surface area contributed by atoms with E-state index in [-0.39, 0.29) is 5.63 Å². The molecule has 0 N–H and O–H groups in total. The molecule has 0 aliphatic carbocycles. The minimum Gasteiger partial charge on any atom is -0.441 e. The van der Waals surface area contributed by atoms with E-state index in [4.69, 9.17) is 8.83 Å². The van der Waals surface area contributed by atoms with Crippen molar-refractivity contribution in [1.29, 1.82) is 0 Å². The van der Waals surface area contributed by atoms with E-state index in [2.05, 4.69) is 4.98 Å². The van der Waals surface area contributed by atoms with Crippen LogP contribution >= 0.6 is 0 Å². The number of rotatable bonds is 1. The maximum Gasteiger partial charge on any atom is 0.339 e. The fourth-order valence-electron chi connectivity index (χ4n) is 3.08. The Morgan fingerprint density at radius 1 is 0.913 bits per heavy atom. The second-order valence-corrected chi connectivity index (χ2v) is 5.71. The van der Waals surface area contributed by atoms with Crippen molar-refractivity contribution in [1.82, 2.24) is 4.98 Å². The second-order valence-electron chi connectivity index (χ2n) is 5.71. The summed E-state index contributed by atoms with van der Waals surface area (Å²) in [6, 6.07) is 11.8. The van der Waals surface area contributed by atoms with Crippen molar-refractivity contribution in [2.24, 2.45) is 0 Å². The molecule has 0 aliphatic heterocycles. The van der Waals surface area contributed by atoms with E-state index in [1.165, 1.54) is 0 Å². The van der Waals surface area contributed by atoms with E-state index >= 15 is 0 Å². The molecule has 0 amide bonds. The monoisotopic (exact) mass is 305 g/mol. The Hall–Kier alpha value is -2.88. The molecule has 0 fully saturated rings. The SMILES string of the molecule is Cc1nc2cc3c(-c4ccccc4)c(C)c(=O)oc3c(C)c2o1. The fraction of sp³-hybridized carbons (Fsp3) is 0.158. The molecule has 0 saturated carbocycles. The third kappa shape index (κ3) is 1.99. The summed E-state index contributed by atoms with van der Waals surface area (Å²) in [5, 5.41) is 0.881.